The molecule has 1 aromatic heterocycles. The van der Waals surface area contributed by atoms with E-state index >= 15 is 0 Å². The molecule has 2 N–H and O–H groups in total. The van der Waals surface area contributed by atoms with Gasteiger partial charge in [-0.05, 0) is 38.1 Å². The van der Waals surface area contributed by atoms with Crippen molar-refractivity contribution in [3.63, 3.8) is 0 Å². The topological polar surface area (TPSA) is 53.1 Å². The van der Waals surface area contributed by atoms with Gasteiger partial charge in [-0.3, -0.25) is 4.68 Å². The Morgan fingerprint density at radius 1 is 1.37 bits per heavy atom. The highest BCUT2D eigenvalue weighted by Gasteiger charge is 2.07. The summed E-state index contributed by atoms with van der Waals surface area (Å²) in [5.74, 6) is 0.772. The van der Waals surface area contributed by atoms with E-state index in [4.69, 9.17) is 22.1 Å². The Balaban J connectivity index is 2.14. The molecule has 0 radical (unpaired) electrons. The van der Waals surface area contributed by atoms with Crippen LogP contribution in [0.15, 0.2) is 24.3 Å². The largest absolute Gasteiger partial charge is 0.487 e. The molecule has 1 heterocycles. The van der Waals surface area contributed by atoms with E-state index in [1.54, 1.807) is 6.07 Å². The third kappa shape index (κ3) is 3.28. The van der Waals surface area contributed by atoms with Gasteiger partial charge < -0.3 is 10.5 Å². The van der Waals surface area contributed by atoms with Crippen LogP contribution in [0.25, 0.3) is 0 Å². The molecule has 0 fully saturated rings. The quantitative estimate of drug-likeness (QED) is 0.916. The van der Waals surface area contributed by atoms with Crippen LogP contribution >= 0.6 is 11.6 Å². The first-order valence-electron chi connectivity index (χ1n) is 6.28. The van der Waals surface area contributed by atoms with Gasteiger partial charge in [-0.1, -0.05) is 11.6 Å². The first-order valence-corrected chi connectivity index (χ1v) is 6.66. The van der Waals surface area contributed by atoms with Crippen molar-refractivity contribution in [1.29, 1.82) is 0 Å². The van der Waals surface area contributed by atoms with Gasteiger partial charge in [0.2, 0.25) is 0 Å². The number of hydrogen-bond acceptors (Lipinski definition) is 3. The maximum absolute atomic E-state index is 5.94. The number of nitrogens with two attached hydrogens (primary N) is 1. The van der Waals surface area contributed by atoms with E-state index in [1.165, 1.54) is 0 Å². The van der Waals surface area contributed by atoms with E-state index < -0.39 is 0 Å². The van der Waals surface area contributed by atoms with Crippen LogP contribution in [-0.2, 0) is 19.7 Å². The van der Waals surface area contributed by atoms with E-state index in [2.05, 4.69) is 12.0 Å². The summed E-state index contributed by atoms with van der Waals surface area (Å²) in [6, 6.07) is 7.52. The second kappa shape index (κ2) is 6.08. The lowest BCUT2D eigenvalue weighted by atomic mass is 10.2. The average Bonchev–Trinajstić information content (AvgIpc) is 2.77. The summed E-state index contributed by atoms with van der Waals surface area (Å²) < 4.78 is 7.76. The van der Waals surface area contributed by atoms with Crippen molar-refractivity contribution in [2.75, 3.05) is 0 Å². The normalized spacial score (nSPS) is 10.7. The lowest BCUT2D eigenvalue weighted by Crippen LogP contribution is -2.08. The summed E-state index contributed by atoms with van der Waals surface area (Å²) in [6.07, 6.45) is 0. The lowest BCUT2D eigenvalue weighted by Gasteiger charge is -2.11. The van der Waals surface area contributed by atoms with Crippen LogP contribution in [0, 0.1) is 6.92 Å². The molecule has 0 unspecified atom stereocenters. The SMILES string of the molecule is CCn1nc(C)cc1COc1ccc(Cl)cc1CN. The van der Waals surface area contributed by atoms with Crippen molar-refractivity contribution in [2.24, 2.45) is 5.73 Å². The van der Waals surface area contributed by atoms with Crippen molar-refractivity contribution in [1.82, 2.24) is 9.78 Å². The predicted octanol–water partition coefficient (Wildman–Crippen LogP) is 2.90. The minimum atomic E-state index is 0.405. The van der Waals surface area contributed by atoms with E-state index in [1.807, 2.05) is 29.8 Å². The third-order valence-corrected chi connectivity index (χ3v) is 3.14. The number of rotatable bonds is 5. The number of ether oxygens (including phenoxy) is 1. The van der Waals surface area contributed by atoms with Gasteiger partial charge in [0.25, 0.3) is 0 Å². The smallest absolute Gasteiger partial charge is 0.130 e. The highest BCUT2D eigenvalue weighted by atomic mass is 35.5. The van der Waals surface area contributed by atoms with Crippen molar-refractivity contribution < 1.29 is 4.74 Å². The second-order valence-corrected chi connectivity index (χ2v) is 4.77. The van der Waals surface area contributed by atoms with Crippen molar-refractivity contribution in [3.8, 4) is 5.75 Å². The van der Waals surface area contributed by atoms with Gasteiger partial charge in [0.1, 0.15) is 12.4 Å². The number of aryl methyl sites for hydroxylation is 2. The Morgan fingerprint density at radius 2 is 2.16 bits per heavy atom. The number of halogens is 1. The fourth-order valence-corrected chi connectivity index (χ4v) is 2.18. The van der Waals surface area contributed by atoms with Gasteiger partial charge in [0.15, 0.2) is 0 Å². The number of hydrogen-bond donors (Lipinski definition) is 1. The van der Waals surface area contributed by atoms with Crippen LogP contribution in [0.3, 0.4) is 0 Å². The first-order chi connectivity index (χ1) is 9.13. The van der Waals surface area contributed by atoms with E-state index in [9.17, 15) is 0 Å². The van der Waals surface area contributed by atoms with E-state index in [0.29, 0.717) is 18.2 Å². The van der Waals surface area contributed by atoms with Crippen LogP contribution in [0.1, 0.15) is 23.9 Å². The molecule has 0 spiro atoms. The molecule has 0 bridgehead atoms. The molecule has 2 aromatic rings. The fourth-order valence-electron chi connectivity index (χ4n) is 1.99. The molecule has 102 valence electrons. The summed E-state index contributed by atoms with van der Waals surface area (Å²) in [5, 5.41) is 5.06. The fraction of sp³-hybridized carbons (Fsp3) is 0.357. The molecular weight excluding hydrogens is 262 g/mol. The monoisotopic (exact) mass is 279 g/mol. The van der Waals surface area contributed by atoms with E-state index in [-0.39, 0.29) is 0 Å². The van der Waals surface area contributed by atoms with Crippen LogP contribution in [0.5, 0.6) is 5.75 Å². The van der Waals surface area contributed by atoms with Gasteiger partial charge >= 0.3 is 0 Å². The minimum Gasteiger partial charge on any atom is -0.487 e. The van der Waals surface area contributed by atoms with E-state index in [0.717, 1.165) is 29.2 Å². The minimum absolute atomic E-state index is 0.405. The Labute approximate surface area is 118 Å². The van der Waals surface area contributed by atoms with Crippen molar-refractivity contribution in [3.05, 3.63) is 46.2 Å². The molecule has 0 amide bonds. The summed E-state index contributed by atoms with van der Waals surface area (Å²) in [7, 11) is 0. The van der Waals surface area contributed by atoms with Crippen LogP contribution in [-0.4, -0.2) is 9.78 Å². The number of aromatic nitrogens is 2. The third-order valence-electron chi connectivity index (χ3n) is 2.90. The van der Waals surface area contributed by atoms with Crippen molar-refractivity contribution in [2.45, 2.75) is 33.5 Å². The Kier molecular flexibility index (Phi) is 4.45. The first kappa shape index (κ1) is 13.9. The summed E-state index contributed by atoms with van der Waals surface area (Å²) in [6.45, 7) is 5.75. The highest BCUT2D eigenvalue weighted by molar-refractivity contribution is 6.30. The summed E-state index contributed by atoms with van der Waals surface area (Å²) in [5.41, 5.74) is 8.65. The van der Waals surface area contributed by atoms with Crippen LogP contribution < -0.4 is 10.5 Å². The molecule has 2 rings (SSSR count). The van der Waals surface area contributed by atoms with Gasteiger partial charge in [-0.2, -0.15) is 5.10 Å². The Hall–Kier alpha value is -1.52. The Morgan fingerprint density at radius 3 is 2.84 bits per heavy atom. The van der Waals surface area contributed by atoms with Crippen molar-refractivity contribution >= 4 is 11.6 Å². The molecule has 5 heteroatoms. The van der Waals surface area contributed by atoms with Gasteiger partial charge in [-0.15, -0.1) is 0 Å². The molecule has 0 atom stereocenters. The average molecular weight is 280 g/mol. The summed E-state index contributed by atoms with van der Waals surface area (Å²) in [4.78, 5) is 0. The molecule has 4 nitrogen and oxygen atoms in total. The van der Waals surface area contributed by atoms with Gasteiger partial charge in [-0.25, -0.2) is 0 Å². The van der Waals surface area contributed by atoms with Gasteiger partial charge in [0.05, 0.1) is 11.4 Å². The maximum Gasteiger partial charge on any atom is 0.130 e. The van der Waals surface area contributed by atoms with Gasteiger partial charge in [0, 0.05) is 23.7 Å². The lowest BCUT2D eigenvalue weighted by molar-refractivity contribution is 0.289. The summed E-state index contributed by atoms with van der Waals surface area (Å²) >= 11 is 5.94. The number of nitrogens with zero attached hydrogens (tertiary/aromatic N) is 2. The molecule has 1 aromatic carbocycles. The Bertz CT molecular complexity index is 566. The maximum atomic E-state index is 5.94. The zero-order valence-electron chi connectivity index (χ0n) is 11.2. The highest BCUT2D eigenvalue weighted by Crippen LogP contribution is 2.23. The molecule has 0 saturated heterocycles. The molecular formula is C14H18ClN3O. The second-order valence-electron chi connectivity index (χ2n) is 4.34. The van der Waals surface area contributed by atoms with Crippen LogP contribution in [0.2, 0.25) is 5.02 Å². The molecule has 0 aliphatic carbocycles. The molecule has 19 heavy (non-hydrogen) atoms. The predicted molar refractivity (Wildman–Crippen MR) is 76.3 cm³/mol. The number of benzene rings is 1. The molecule has 0 aliphatic heterocycles. The van der Waals surface area contributed by atoms with Crippen LogP contribution in [0.4, 0.5) is 0 Å². The zero-order valence-corrected chi connectivity index (χ0v) is 11.9. The zero-order chi connectivity index (χ0) is 13.8. The molecule has 0 saturated carbocycles. The molecule has 0 aliphatic rings. The standard InChI is InChI=1S/C14H18ClN3O/c1-3-18-13(6-10(2)17-18)9-19-14-5-4-12(15)7-11(14)8-16/h4-7H,3,8-9,16H2,1-2H3.